The van der Waals surface area contributed by atoms with Crippen molar-refractivity contribution in [3.8, 4) is 33.3 Å². The minimum absolute atomic E-state index is 0.0171. The Bertz CT molecular complexity index is 3610. The van der Waals surface area contributed by atoms with Gasteiger partial charge in [0, 0.05) is 99.2 Å². The van der Waals surface area contributed by atoms with Crippen molar-refractivity contribution >= 4 is 87.4 Å². The van der Waals surface area contributed by atoms with E-state index in [2.05, 4.69) is 82.2 Å². The number of imidazole rings is 1. The number of methoxy groups -OCH3 is 1. The third-order valence-electron chi connectivity index (χ3n) is 18.7. The summed E-state index contributed by atoms with van der Waals surface area (Å²) in [4.78, 5) is 112. The van der Waals surface area contributed by atoms with Crippen molar-refractivity contribution in [1.82, 2.24) is 56.3 Å². The van der Waals surface area contributed by atoms with Crippen molar-refractivity contribution in [2.75, 3.05) is 76.9 Å². The average molecular weight is 1500 g/mol. The molecule has 0 radical (unpaired) electrons. The minimum atomic E-state index is -2.16. The van der Waals surface area contributed by atoms with E-state index in [0.29, 0.717) is 21.5 Å². The van der Waals surface area contributed by atoms with Crippen LogP contribution in [0.25, 0.3) is 26.8 Å². The molecule has 4 aliphatic heterocycles. The predicted molar refractivity (Wildman–Crippen MR) is 376 cm³/mol. The largest absolute Gasteiger partial charge is 0.504 e. The molecule has 4 saturated heterocycles. The van der Waals surface area contributed by atoms with Gasteiger partial charge in [-0.15, -0.1) is 0 Å². The Hall–Kier alpha value is -7.37. The molecule has 4 aliphatic rings. The molecule has 13 atom stereocenters. The summed E-state index contributed by atoms with van der Waals surface area (Å²) in [5, 5.41) is 133. The molecule has 0 unspecified atom stereocenters. The minimum Gasteiger partial charge on any atom is -0.504 e. The third kappa shape index (κ3) is 21.0. The van der Waals surface area contributed by atoms with Gasteiger partial charge in [0.25, 0.3) is 18.2 Å². The van der Waals surface area contributed by atoms with Gasteiger partial charge >= 0.3 is 0 Å². The molecule has 0 spiro atoms. The van der Waals surface area contributed by atoms with Gasteiger partial charge in [-0.1, -0.05) is 58.7 Å². The van der Waals surface area contributed by atoms with Crippen LogP contribution in [0, 0.1) is 5.92 Å². The molecule has 0 aliphatic carbocycles. The number of hydrogen-bond donors (Lipinski definition) is 16. The van der Waals surface area contributed by atoms with Gasteiger partial charge in [0.15, 0.2) is 11.5 Å². The van der Waals surface area contributed by atoms with Gasteiger partial charge in [-0.25, -0.2) is 14.8 Å². The van der Waals surface area contributed by atoms with Crippen molar-refractivity contribution in [1.29, 1.82) is 0 Å². The van der Waals surface area contributed by atoms with E-state index < -0.39 is 184 Å². The van der Waals surface area contributed by atoms with Crippen LogP contribution in [0.4, 0.5) is 5.69 Å². The first-order valence-electron chi connectivity index (χ1n) is 34.2. The molecule has 6 heterocycles. The lowest BCUT2D eigenvalue weighted by Crippen LogP contribution is -2.64. The third-order valence-corrected chi connectivity index (χ3v) is 21.5. The average Bonchev–Trinajstić information content (AvgIpc) is 1.74. The molecule has 0 saturated carbocycles. The zero-order chi connectivity index (χ0) is 74.0. The number of nitrogens with one attached hydrogen (secondary N) is 6. The van der Waals surface area contributed by atoms with Gasteiger partial charge < -0.3 is 101 Å². The predicted octanol–water partition coefficient (Wildman–Crippen LogP) is -0.616. The van der Waals surface area contributed by atoms with E-state index in [0.717, 1.165) is 78.0 Å². The number of aromatic nitrogens is 3. The highest BCUT2D eigenvalue weighted by Crippen LogP contribution is 2.35. The smallest absolute Gasteiger partial charge is 0.261 e. The number of aromatic hydroxyl groups is 1. The number of aliphatic hydroxyl groups is 8. The number of phenolic OH excluding ortho intramolecular Hbond substituents is 1. The molecule has 564 valence electrons. The van der Waals surface area contributed by atoms with E-state index >= 15 is 4.79 Å². The van der Waals surface area contributed by atoms with E-state index in [4.69, 9.17) is 24.3 Å². The number of hydrogen-bond acceptors (Lipinski definition) is 28. The number of carbonyl (C=O) groups excluding carboxylic acids is 7. The number of ether oxygens (including phenoxy) is 1. The van der Waals surface area contributed by atoms with Crippen LogP contribution in [0.1, 0.15) is 87.6 Å². The van der Waals surface area contributed by atoms with Crippen LogP contribution in [-0.4, -0.2) is 273 Å². The second-order valence-electron chi connectivity index (χ2n) is 26.2. The highest BCUT2D eigenvalue weighted by molar-refractivity contribution is 7.99. The molecule has 2 aromatic heterocycles. The number of anilines is 1. The number of rotatable bonds is 28. The summed E-state index contributed by atoms with van der Waals surface area (Å²) in [5.41, 5.74) is 3.36. The number of fused-ring (bicyclic) bond motifs is 3. The van der Waals surface area contributed by atoms with E-state index in [1.54, 1.807) is 30.0 Å². The van der Waals surface area contributed by atoms with Gasteiger partial charge in [-0.05, 0) is 105 Å². The summed E-state index contributed by atoms with van der Waals surface area (Å²) in [6, 6.07) is 5.77. The molecule has 5 aromatic rings. The zero-order valence-corrected chi connectivity index (χ0v) is 59.6. The molecule has 3 aromatic carbocycles. The standard InChI is InChI=1S/C67H92N12O21S3/c1-36-31-78-57(58(36)88)63(93)69-30-44(83)28-47(70-59(89)40-11-9-39(10-12-40)48-33-79-67(71-48)102-64(75-79)41-13-15-43(16-14-41)76-22-19-46(20-23-76)101-25-7-5-4-6-24-97-3)60(90)72-54(37(2)82)65(94)77-32-45(84)29-49(77)61(91)73-55(52(87)26-38-8-17-50(85)53(27-38)98-103-100-99-96)62(92)74-56(66(78)95)51(86)18-21-68-42(34-80)35-81/h8-17,27,33,36-37,42,44-47,49,51-52,54-58,68,80-88,96H,4-7,18-26,28-32,34-35H2,1-3H3,(H,69,93)(H,70,89)(H,72,90)(H,73,91)(H,74,92)/t36-,37+,44+,45+,47-,49-,51+,52+,54-,55-,56-,57-,58-/m0/s1. The van der Waals surface area contributed by atoms with Crippen molar-refractivity contribution in [3.63, 3.8) is 0 Å². The quantitative estimate of drug-likeness (QED) is 0.0128. The number of benzene rings is 3. The zero-order valence-electron chi connectivity index (χ0n) is 57.1. The lowest BCUT2D eigenvalue weighted by molar-refractivity contribution is -0.433. The van der Waals surface area contributed by atoms with Crippen LogP contribution in [0.15, 0.2) is 72.9 Å². The normalized spacial score (nSPS) is 24.6. The summed E-state index contributed by atoms with van der Waals surface area (Å²) in [6.45, 7) is 2.50. The first kappa shape index (κ1) is 79.7. The summed E-state index contributed by atoms with van der Waals surface area (Å²) in [5.74, 6) is -8.42. The van der Waals surface area contributed by atoms with E-state index in [1.807, 2.05) is 0 Å². The fraction of sp³-hybridized carbons (Fsp3) is 0.567. The Labute approximate surface area is 606 Å². The monoisotopic (exact) mass is 1500 g/mol. The number of piperidine rings is 1. The highest BCUT2D eigenvalue weighted by Gasteiger charge is 2.50. The van der Waals surface area contributed by atoms with Gasteiger partial charge in [0.2, 0.25) is 40.4 Å². The lowest BCUT2D eigenvalue weighted by atomic mass is 9.98. The maximum atomic E-state index is 15.0. The van der Waals surface area contributed by atoms with Gasteiger partial charge in [-0.2, -0.15) is 16.9 Å². The molecule has 4 fully saturated rings. The molecule has 7 amide bonds. The Kier molecular flexibility index (Phi) is 29.5. The van der Waals surface area contributed by atoms with Crippen LogP contribution in [0.3, 0.4) is 0 Å². The Morgan fingerprint density at radius 1 is 0.786 bits per heavy atom. The molecule has 9 rings (SSSR count). The van der Waals surface area contributed by atoms with Crippen LogP contribution < -0.4 is 41.0 Å². The SMILES string of the molecule is COCCCCCCSC1CCN(c2ccc(-c3nn4cc(-c5ccc(C(=O)N[C@H]6C[C@@H](O)CNC(=O)[C@@H]7[C@@H](O)[C@@H](C)CN7C(=O)[C@H]([C@H](O)CCNC(CO)CO)NC(=O)[C@H]([C@H](O)Cc7ccc(O)c(OSOOO)c7)NC(=O)[C@@H]7C[C@@H](O)CN7C(=O)[C@H]([C@@H](C)O)NC6=O)cc5)nc4s3)cc2)CC1. The number of phenols is 1. The molecule has 33 nitrogen and oxygen atoms in total. The van der Waals surface area contributed by atoms with E-state index in [9.17, 15) is 74.7 Å². The Morgan fingerprint density at radius 2 is 1.48 bits per heavy atom. The second-order valence-corrected chi connectivity index (χ2v) is 29.1. The number of aliphatic hydroxyl groups excluding tert-OH is 8. The first-order chi connectivity index (χ1) is 49.5. The maximum Gasteiger partial charge on any atom is 0.261 e. The number of unbranched alkanes of at least 4 members (excludes halogenated alkanes) is 3. The Morgan fingerprint density at radius 3 is 2.17 bits per heavy atom. The van der Waals surface area contributed by atoms with Crippen LogP contribution in [0.2, 0.25) is 0 Å². The molecule has 16 N–H and O–H groups in total. The van der Waals surface area contributed by atoms with Crippen LogP contribution in [-0.2, 0) is 49.3 Å². The number of carbonyl (C=O) groups is 7. The van der Waals surface area contributed by atoms with E-state index in [-0.39, 0.29) is 42.3 Å². The van der Waals surface area contributed by atoms with Gasteiger partial charge in [0.05, 0.1) is 67.8 Å². The molecular formula is C67H92N12O21S3. The number of amides is 7. The first-order valence-corrected chi connectivity index (χ1v) is 36.7. The molecule has 36 heteroatoms. The van der Waals surface area contributed by atoms with Crippen molar-refractivity contribution in [2.45, 2.75) is 162 Å². The Balaban J connectivity index is 0.939. The highest BCUT2D eigenvalue weighted by atomic mass is 32.2. The van der Waals surface area contributed by atoms with Crippen LogP contribution in [0.5, 0.6) is 11.5 Å². The maximum absolute atomic E-state index is 15.0. The summed E-state index contributed by atoms with van der Waals surface area (Å²) >= 11 is 3.57. The van der Waals surface area contributed by atoms with Crippen molar-refractivity contribution in [3.05, 3.63) is 84.1 Å². The topological polar surface area (TPSA) is 471 Å². The van der Waals surface area contributed by atoms with Crippen LogP contribution >= 0.6 is 35.4 Å². The fourth-order valence-corrected chi connectivity index (χ4v) is 15.3. The lowest BCUT2D eigenvalue weighted by Gasteiger charge is -2.34. The molecular weight excluding hydrogens is 1410 g/mol. The summed E-state index contributed by atoms with van der Waals surface area (Å²) in [6.07, 6.45) is -3.86. The number of nitrogens with zero attached hydrogens (tertiary/aromatic N) is 6. The van der Waals surface area contributed by atoms with E-state index in [1.165, 1.54) is 67.5 Å². The molecule has 0 bridgehead atoms. The van der Waals surface area contributed by atoms with Gasteiger partial charge in [-0.3, -0.25) is 33.6 Å². The molecule has 103 heavy (non-hydrogen) atoms. The van der Waals surface area contributed by atoms with Crippen molar-refractivity contribution in [2.24, 2.45) is 5.92 Å². The fourth-order valence-electron chi connectivity index (χ4n) is 12.9. The summed E-state index contributed by atoms with van der Waals surface area (Å²) in [7, 11) is 1.74. The van der Waals surface area contributed by atoms with Crippen molar-refractivity contribution < 1.29 is 103 Å². The second kappa shape index (κ2) is 38.1. The van der Waals surface area contributed by atoms with Gasteiger partial charge in [0.1, 0.15) is 41.3 Å². The number of thioether (sulfide) groups is 1. The number of β-amino-alcohol motifs (C(OH)–C–C–N with tert-alkyl or cyclic N) is 1. The summed E-state index contributed by atoms with van der Waals surface area (Å²) < 4.78 is 16.2.